The van der Waals surface area contributed by atoms with Gasteiger partial charge in [0.25, 0.3) is 0 Å². The second-order valence-corrected chi connectivity index (χ2v) is 5.48. The molecule has 0 aromatic carbocycles. The Bertz CT molecular complexity index is 433. The van der Waals surface area contributed by atoms with E-state index in [9.17, 15) is 4.79 Å². The van der Waals surface area contributed by atoms with Gasteiger partial charge in [-0.1, -0.05) is 6.42 Å². The molecule has 2 N–H and O–H groups in total. The summed E-state index contributed by atoms with van der Waals surface area (Å²) in [6.45, 7) is 1.11. The summed E-state index contributed by atoms with van der Waals surface area (Å²) in [5, 5.41) is 4.20. The molecule has 0 bridgehead atoms. The van der Waals surface area contributed by atoms with E-state index in [1.807, 2.05) is 0 Å². The Labute approximate surface area is 115 Å². The Morgan fingerprint density at radius 2 is 2.44 bits per heavy atom. The summed E-state index contributed by atoms with van der Waals surface area (Å²) in [5.74, 6) is 0.0276. The van der Waals surface area contributed by atoms with Crippen molar-refractivity contribution in [2.45, 2.75) is 31.8 Å². The number of nitrogens with zero attached hydrogens (tertiary/aromatic N) is 2. The van der Waals surface area contributed by atoms with Crippen LogP contribution in [-0.2, 0) is 11.3 Å². The third-order valence-corrected chi connectivity index (χ3v) is 4.02. The fraction of sp³-hybridized carbons (Fsp3) is 0.667. The first-order valence-electron chi connectivity index (χ1n) is 6.15. The molecule has 2 unspecified atom stereocenters. The third-order valence-electron chi connectivity index (χ3n) is 3.44. The molecule has 2 atom stereocenters. The molecule has 1 aromatic rings. The van der Waals surface area contributed by atoms with Crippen LogP contribution in [0.3, 0.4) is 0 Å². The zero-order valence-corrected chi connectivity index (χ0v) is 12.0. The maximum Gasteiger partial charge on any atom is 0.186 e. The van der Waals surface area contributed by atoms with Gasteiger partial charge in [0.15, 0.2) is 5.78 Å². The molecule has 100 valence electrons. The normalized spacial score (nSPS) is 23.5. The van der Waals surface area contributed by atoms with E-state index in [1.54, 1.807) is 18.0 Å². The predicted octanol–water partition coefficient (Wildman–Crippen LogP) is 1.60. The van der Waals surface area contributed by atoms with Crippen LogP contribution in [0.4, 0.5) is 0 Å². The zero-order valence-electron chi connectivity index (χ0n) is 10.4. The minimum Gasteiger partial charge on any atom is -0.383 e. The monoisotopic (exact) mass is 315 g/mol. The number of ether oxygens (including phenoxy) is 1. The number of rotatable bonds is 5. The van der Waals surface area contributed by atoms with E-state index in [0.29, 0.717) is 18.8 Å². The highest BCUT2D eigenvalue weighted by Gasteiger charge is 2.33. The van der Waals surface area contributed by atoms with Gasteiger partial charge in [0.2, 0.25) is 0 Å². The minimum atomic E-state index is -0.0701. The van der Waals surface area contributed by atoms with E-state index >= 15 is 0 Å². The lowest BCUT2D eigenvalue weighted by Crippen LogP contribution is -2.32. The van der Waals surface area contributed by atoms with Crippen LogP contribution in [0.15, 0.2) is 10.7 Å². The fourth-order valence-electron chi connectivity index (χ4n) is 2.44. The van der Waals surface area contributed by atoms with Gasteiger partial charge in [0.05, 0.1) is 23.8 Å². The average Bonchev–Trinajstić information content (AvgIpc) is 2.92. The number of aromatic nitrogens is 2. The molecule has 1 aliphatic carbocycles. The van der Waals surface area contributed by atoms with Crippen LogP contribution in [0.2, 0.25) is 0 Å². The molecule has 18 heavy (non-hydrogen) atoms. The van der Waals surface area contributed by atoms with Gasteiger partial charge in [-0.3, -0.25) is 9.48 Å². The van der Waals surface area contributed by atoms with Gasteiger partial charge in [0.1, 0.15) is 5.69 Å². The van der Waals surface area contributed by atoms with Crippen molar-refractivity contribution in [3.63, 3.8) is 0 Å². The average molecular weight is 316 g/mol. The first-order valence-corrected chi connectivity index (χ1v) is 6.94. The first kappa shape index (κ1) is 13.7. The zero-order chi connectivity index (χ0) is 13.1. The van der Waals surface area contributed by atoms with Gasteiger partial charge in [0, 0.05) is 19.1 Å². The predicted molar refractivity (Wildman–Crippen MR) is 71.4 cm³/mol. The second kappa shape index (κ2) is 5.95. The molecular formula is C12H18BrN3O2. The number of carbonyl (C=O) groups is 1. The molecule has 5 nitrogen and oxygen atoms in total. The van der Waals surface area contributed by atoms with Crippen LogP contribution in [0.25, 0.3) is 0 Å². The van der Waals surface area contributed by atoms with Crippen LogP contribution < -0.4 is 5.73 Å². The molecular weight excluding hydrogens is 298 g/mol. The summed E-state index contributed by atoms with van der Waals surface area (Å²) in [7, 11) is 1.63. The van der Waals surface area contributed by atoms with Crippen LogP contribution in [0.5, 0.6) is 0 Å². The highest BCUT2D eigenvalue weighted by Crippen LogP contribution is 2.29. The number of Topliss-reactive ketones (excluding diaryl/α,β-unsaturated/α-hetero) is 1. The van der Waals surface area contributed by atoms with E-state index in [1.165, 1.54) is 0 Å². The van der Waals surface area contributed by atoms with Gasteiger partial charge in [-0.05, 0) is 28.8 Å². The van der Waals surface area contributed by atoms with Gasteiger partial charge in [-0.25, -0.2) is 0 Å². The van der Waals surface area contributed by atoms with Crippen molar-refractivity contribution >= 4 is 21.7 Å². The van der Waals surface area contributed by atoms with Gasteiger partial charge < -0.3 is 10.5 Å². The van der Waals surface area contributed by atoms with Crippen LogP contribution in [0.1, 0.15) is 29.8 Å². The van der Waals surface area contributed by atoms with Crippen molar-refractivity contribution in [1.82, 2.24) is 9.78 Å². The van der Waals surface area contributed by atoms with Crippen molar-refractivity contribution < 1.29 is 9.53 Å². The standard InChI is InChI=1S/C12H18BrN3O2/c1-18-6-5-16-11(9(13)7-15-16)12(17)8-3-2-4-10(8)14/h7-8,10H,2-6,14H2,1H3. The third kappa shape index (κ3) is 2.65. The van der Waals surface area contributed by atoms with Crippen LogP contribution in [-0.4, -0.2) is 35.3 Å². The fourth-order valence-corrected chi connectivity index (χ4v) is 2.94. The molecule has 2 rings (SSSR count). The summed E-state index contributed by atoms with van der Waals surface area (Å²) in [4.78, 5) is 12.5. The molecule has 0 spiro atoms. The summed E-state index contributed by atoms with van der Waals surface area (Å²) < 4.78 is 7.46. The first-order chi connectivity index (χ1) is 8.65. The summed E-state index contributed by atoms with van der Waals surface area (Å²) in [5.41, 5.74) is 6.62. The van der Waals surface area contributed by atoms with Gasteiger partial charge in [-0.2, -0.15) is 5.10 Å². The van der Waals surface area contributed by atoms with E-state index in [0.717, 1.165) is 23.7 Å². The van der Waals surface area contributed by atoms with Crippen molar-refractivity contribution in [3.05, 3.63) is 16.4 Å². The topological polar surface area (TPSA) is 70.1 Å². The number of hydrogen-bond donors (Lipinski definition) is 1. The molecule has 0 radical (unpaired) electrons. The number of halogens is 1. The SMILES string of the molecule is COCCn1ncc(Br)c1C(=O)C1CCCC1N. The number of carbonyl (C=O) groups excluding carboxylic acids is 1. The molecule has 0 aliphatic heterocycles. The van der Waals surface area contributed by atoms with E-state index < -0.39 is 0 Å². The van der Waals surface area contributed by atoms with Crippen molar-refractivity contribution in [3.8, 4) is 0 Å². The second-order valence-electron chi connectivity index (χ2n) is 4.62. The van der Waals surface area contributed by atoms with E-state index in [-0.39, 0.29) is 17.7 Å². The number of methoxy groups -OCH3 is 1. The molecule has 1 fully saturated rings. The van der Waals surface area contributed by atoms with Crippen molar-refractivity contribution in [2.75, 3.05) is 13.7 Å². The van der Waals surface area contributed by atoms with Crippen LogP contribution in [0, 0.1) is 5.92 Å². The van der Waals surface area contributed by atoms with Crippen molar-refractivity contribution in [1.29, 1.82) is 0 Å². The van der Waals surface area contributed by atoms with Crippen molar-refractivity contribution in [2.24, 2.45) is 11.7 Å². The summed E-state index contributed by atoms with van der Waals surface area (Å²) in [6.07, 6.45) is 4.49. The van der Waals surface area contributed by atoms with Gasteiger partial charge >= 0.3 is 0 Å². The molecule has 1 aliphatic rings. The quantitative estimate of drug-likeness (QED) is 0.838. The highest BCUT2D eigenvalue weighted by atomic mass is 79.9. The minimum absolute atomic E-state index is 0.0184. The smallest absolute Gasteiger partial charge is 0.186 e. The summed E-state index contributed by atoms with van der Waals surface area (Å²) in [6, 6.07) is -0.0184. The van der Waals surface area contributed by atoms with E-state index in [2.05, 4.69) is 21.0 Å². The Kier molecular flexibility index (Phi) is 4.53. The Morgan fingerprint density at radius 3 is 3.06 bits per heavy atom. The molecule has 6 heteroatoms. The number of ketones is 1. The van der Waals surface area contributed by atoms with Gasteiger partial charge in [-0.15, -0.1) is 0 Å². The molecule has 1 saturated carbocycles. The number of nitrogens with two attached hydrogens (primary N) is 1. The Hall–Kier alpha value is -0.720. The Balaban J connectivity index is 2.20. The number of hydrogen-bond acceptors (Lipinski definition) is 4. The van der Waals surface area contributed by atoms with Crippen LogP contribution >= 0.6 is 15.9 Å². The molecule has 0 saturated heterocycles. The van der Waals surface area contributed by atoms with E-state index in [4.69, 9.17) is 10.5 Å². The molecule has 1 aromatic heterocycles. The lowest BCUT2D eigenvalue weighted by molar-refractivity contribution is 0.0898. The lowest BCUT2D eigenvalue weighted by atomic mass is 9.96. The lowest BCUT2D eigenvalue weighted by Gasteiger charge is -2.15. The molecule has 1 heterocycles. The maximum atomic E-state index is 12.5. The highest BCUT2D eigenvalue weighted by molar-refractivity contribution is 9.10. The summed E-state index contributed by atoms with van der Waals surface area (Å²) >= 11 is 3.39. The Morgan fingerprint density at radius 1 is 1.67 bits per heavy atom. The molecule has 0 amide bonds. The maximum absolute atomic E-state index is 12.5. The largest absolute Gasteiger partial charge is 0.383 e.